The maximum absolute atomic E-state index is 11.8. The van der Waals surface area contributed by atoms with Crippen molar-refractivity contribution in [3.05, 3.63) is 63.0 Å². The van der Waals surface area contributed by atoms with Crippen LogP contribution in [0.3, 0.4) is 0 Å². The molecule has 0 spiro atoms. The molecule has 0 saturated heterocycles. The van der Waals surface area contributed by atoms with E-state index in [4.69, 9.17) is 0 Å². The summed E-state index contributed by atoms with van der Waals surface area (Å²) in [6, 6.07) is 10.1. The molecule has 1 N–H and O–H groups in total. The number of rotatable bonds is 2. The third kappa shape index (κ3) is 2.07. The molecule has 0 fully saturated rings. The predicted molar refractivity (Wildman–Crippen MR) is 74.2 cm³/mol. The van der Waals surface area contributed by atoms with Crippen LogP contribution >= 0.6 is 11.3 Å². The maximum Gasteiger partial charge on any atom is 0.268 e. The molecule has 0 radical (unpaired) electrons. The first-order valence-electron chi connectivity index (χ1n) is 5.74. The molecule has 4 heteroatoms. The number of thiophene rings is 1. The van der Waals surface area contributed by atoms with Gasteiger partial charge in [0.1, 0.15) is 10.5 Å². The van der Waals surface area contributed by atoms with Gasteiger partial charge in [-0.05, 0) is 23.9 Å². The summed E-state index contributed by atoms with van der Waals surface area (Å²) in [6.45, 7) is 2.06. The Balaban J connectivity index is 2.02. The van der Waals surface area contributed by atoms with E-state index in [0.717, 1.165) is 16.9 Å². The number of hydrogen-bond donors (Lipinski definition) is 1. The topological polar surface area (TPSA) is 45.8 Å². The van der Waals surface area contributed by atoms with Crippen LogP contribution in [-0.2, 0) is 6.42 Å². The van der Waals surface area contributed by atoms with E-state index in [0.29, 0.717) is 11.1 Å². The van der Waals surface area contributed by atoms with Crippen molar-refractivity contribution in [3.63, 3.8) is 0 Å². The van der Waals surface area contributed by atoms with E-state index in [1.165, 1.54) is 16.9 Å². The van der Waals surface area contributed by atoms with Gasteiger partial charge in [-0.1, -0.05) is 29.8 Å². The van der Waals surface area contributed by atoms with E-state index < -0.39 is 0 Å². The number of fused-ring (bicyclic) bond motifs is 1. The zero-order valence-electron chi connectivity index (χ0n) is 9.93. The van der Waals surface area contributed by atoms with Crippen LogP contribution in [0.15, 0.2) is 40.5 Å². The van der Waals surface area contributed by atoms with Crippen LogP contribution in [0.5, 0.6) is 0 Å². The molecule has 0 unspecified atom stereocenters. The highest BCUT2D eigenvalue weighted by Crippen LogP contribution is 2.15. The lowest BCUT2D eigenvalue weighted by Crippen LogP contribution is -2.10. The lowest BCUT2D eigenvalue weighted by Gasteiger charge is -2.02. The van der Waals surface area contributed by atoms with Crippen LogP contribution in [0.1, 0.15) is 17.0 Å². The van der Waals surface area contributed by atoms with Crippen molar-refractivity contribution < 1.29 is 0 Å². The first kappa shape index (κ1) is 11.2. The molecular weight excluding hydrogens is 244 g/mol. The quantitative estimate of drug-likeness (QED) is 0.766. The Hall–Kier alpha value is -1.94. The molecule has 3 aromatic rings. The Morgan fingerprint density at radius 1 is 1.33 bits per heavy atom. The van der Waals surface area contributed by atoms with Gasteiger partial charge in [0.2, 0.25) is 0 Å². The summed E-state index contributed by atoms with van der Waals surface area (Å²) >= 11 is 1.43. The summed E-state index contributed by atoms with van der Waals surface area (Å²) in [7, 11) is 0. The lowest BCUT2D eigenvalue weighted by atomic mass is 10.1. The van der Waals surface area contributed by atoms with Crippen LogP contribution in [0.25, 0.3) is 10.2 Å². The molecule has 18 heavy (non-hydrogen) atoms. The standard InChI is InChI=1S/C14H12N2OS/c1-9-3-2-4-10(7-9)8-12-15-11-5-6-18-13(11)14(17)16-12/h2-7H,8H2,1H3,(H,15,16,17). The number of nitrogens with zero attached hydrogens (tertiary/aromatic N) is 1. The third-order valence-corrected chi connectivity index (χ3v) is 3.72. The molecule has 0 aliphatic heterocycles. The molecule has 0 aliphatic carbocycles. The lowest BCUT2D eigenvalue weighted by molar-refractivity contribution is 0.974. The number of hydrogen-bond acceptors (Lipinski definition) is 3. The second-order valence-corrected chi connectivity index (χ2v) is 5.23. The Kier molecular flexibility index (Phi) is 2.72. The Bertz CT molecular complexity index is 758. The molecule has 3 nitrogen and oxygen atoms in total. The number of nitrogens with one attached hydrogen (secondary N) is 1. The molecule has 0 aliphatic rings. The summed E-state index contributed by atoms with van der Waals surface area (Å²) < 4.78 is 0.697. The minimum absolute atomic E-state index is 0.0438. The smallest absolute Gasteiger partial charge is 0.268 e. The summed E-state index contributed by atoms with van der Waals surface area (Å²) in [5.74, 6) is 0.719. The Labute approximate surface area is 108 Å². The van der Waals surface area contributed by atoms with Gasteiger partial charge in [-0.2, -0.15) is 0 Å². The van der Waals surface area contributed by atoms with Gasteiger partial charge in [0.25, 0.3) is 5.56 Å². The SMILES string of the molecule is Cc1cccc(Cc2nc3ccsc3c(=O)[nH]2)c1. The highest BCUT2D eigenvalue weighted by molar-refractivity contribution is 7.17. The maximum atomic E-state index is 11.8. The highest BCUT2D eigenvalue weighted by atomic mass is 32.1. The summed E-state index contributed by atoms with van der Waals surface area (Å²) in [5.41, 5.74) is 3.11. The van der Waals surface area contributed by atoms with Crippen molar-refractivity contribution in [1.29, 1.82) is 0 Å². The minimum Gasteiger partial charge on any atom is -0.309 e. The van der Waals surface area contributed by atoms with E-state index in [2.05, 4.69) is 29.0 Å². The monoisotopic (exact) mass is 256 g/mol. The molecule has 0 atom stereocenters. The minimum atomic E-state index is -0.0438. The van der Waals surface area contributed by atoms with E-state index in [1.54, 1.807) is 0 Å². The van der Waals surface area contributed by atoms with Gasteiger partial charge in [-0.25, -0.2) is 4.98 Å². The van der Waals surface area contributed by atoms with Crippen LogP contribution in [0.2, 0.25) is 0 Å². The fourth-order valence-electron chi connectivity index (χ4n) is 2.02. The van der Waals surface area contributed by atoms with Crippen molar-refractivity contribution >= 4 is 21.6 Å². The number of aromatic nitrogens is 2. The fourth-order valence-corrected chi connectivity index (χ4v) is 2.75. The van der Waals surface area contributed by atoms with Gasteiger partial charge in [0, 0.05) is 6.42 Å². The average Bonchev–Trinajstić information content (AvgIpc) is 2.77. The van der Waals surface area contributed by atoms with Crippen LogP contribution < -0.4 is 5.56 Å². The Morgan fingerprint density at radius 2 is 2.22 bits per heavy atom. The molecule has 2 aromatic heterocycles. The summed E-state index contributed by atoms with van der Waals surface area (Å²) in [6.07, 6.45) is 0.655. The largest absolute Gasteiger partial charge is 0.309 e. The highest BCUT2D eigenvalue weighted by Gasteiger charge is 2.05. The number of aromatic amines is 1. The zero-order chi connectivity index (χ0) is 12.5. The number of aryl methyl sites for hydroxylation is 1. The van der Waals surface area contributed by atoms with E-state index >= 15 is 0 Å². The second kappa shape index (κ2) is 4.38. The molecular formula is C14H12N2OS. The molecule has 0 bridgehead atoms. The van der Waals surface area contributed by atoms with Crippen molar-refractivity contribution in [2.24, 2.45) is 0 Å². The summed E-state index contributed by atoms with van der Waals surface area (Å²) in [4.78, 5) is 19.2. The van der Waals surface area contributed by atoms with Gasteiger partial charge in [-0.3, -0.25) is 4.79 Å². The first-order chi connectivity index (χ1) is 8.72. The third-order valence-electron chi connectivity index (χ3n) is 2.82. The van der Waals surface area contributed by atoms with E-state index in [1.807, 2.05) is 23.6 Å². The molecule has 1 aromatic carbocycles. The second-order valence-electron chi connectivity index (χ2n) is 4.31. The molecule has 2 heterocycles. The van der Waals surface area contributed by atoms with E-state index in [-0.39, 0.29) is 5.56 Å². The van der Waals surface area contributed by atoms with Gasteiger partial charge in [0.05, 0.1) is 5.52 Å². The summed E-state index contributed by atoms with van der Waals surface area (Å²) in [5, 5.41) is 1.89. The van der Waals surface area contributed by atoms with E-state index in [9.17, 15) is 4.79 Å². The predicted octanol–water partition coefficient (Wildman–Crippen LogP) is 2.88. The molecule has 0 amide bonds. The average molecular weight is 256 g/mol. The Morgan fingerprint density at radius 3 is 3.06 bits per heavy atom. The van der Waals surface area contributed by atoms with Gasteiger partial charge in [-0.15, -0.1) is 11.3 Å². The first-order valence-corrected chi connectivity index (χ1v) is 6.62. The normalized spacial score (nSPS) is 10.9. The van der Waals surface area contributed by atoms with Gasteiger partial charge < -0.3 is 4.98 Å². The van der Waals surface area contributed by atoms with Crippen LogP contribution in [0.4, 0.5) is 0 Å². The van der Waals surface area contributed by atoms with Gasteiger partial charge >= 0.3 is 0 Å². The van der Waals surface area contributed by atoms with Crippen molar-refractivity contribution in [1.82, 2.24) is 9.97 Å². The molecule has 3 rings (SSSR count). The number of benzene rings is 1. The number of H-pyrrole nitrogens is 1. The zero-order valence-corrected chi connectivity index (χ0v) is 10.8. The fraction of sp³-hybridized carbons (Fsp3) is 0.143. The molecule has 0 saturated carbocycles. The molecule has 90 valence electrons. The van der Waals surface area contributed by atoms with Crippen molar-refractivity contribution in [3.8, 4) is 0 Å². The van der Waals surface area contributed by atoms with Crippen molar-refractivity contribution in [2.45, 2.75) is 13.3 Å². The van der Waals surface area contributed by atoms with Gasteiger partial charge in [0.15, 0.2) is 0 Å². The van der Waals surface area contributed by atoms with Crippen LogP contribution in [0, 0.1) is 6.92 Å². The van der Waals surface area contributed by atoms with Crippen LogP contribution in [-0.4, -0.2) is 9.97 Å². The van der Waals surface area contributed by atoms with Crippen molar-refractivity contribution in [2.75, 3.05) is 0 Å².